The third-order valence-electron chi connectivity index (χ3n) is 4.95. The molecule has 0 bridgehead atoms. The van der Waals surface area contributed by atoms with Crippen LogP contribution in [0.5, 0.6) is 0 Å². The van der Waals surface area contributed by atoms with Crippen molar-refractivity contribution in [3.05, 3.63) is 69.9 Å². The van der Waals surface area contributed by atoms with Crippen molar-refractivity contribution < 1.29 is 4.79 Å². The van der Waals surface area contributed by atoms with Crippen molar-refractivity contribution in [3.8, 4) is 0 Å². The smallest absolute Gasteiger partial charge is 0.330 e. The minimum atomic E-state index is -0.327. The molecule has 0 saturated heterocycles. The summed E-state index contributed by atoms with van der Waals surface area (Å²) in [6, 6.07) is 13.3. The Kier molecular flexibility index (Phi) is 4.51. The number of nitrogens with one attached hydrogen (secondary N) is 1. The summed E-state index contributed by atoms with van der Waals surface area (Å²) in [5.41, 5.74) is 5.58. The normalized spacial score (nSPS) is 11.4. The Labute approximate surface area is 176 Å². The number of nitrogens with zero attached hydrogens (tertiary/aromatic N) is 6. The van der Waals surface area contributed by atoms with Crippen LogP contribution >= 0.6 is 11.3 Å². The summed E-state index contributed by atoms with van der Waals surface area (Å²) in [6.07, 6.45) is 0. The summed E-state index contributed by atoms with van der Waals surface area (Å²) < 4.78 is 3.43. The fourth-order valence-corrected chi connectivity index (χ4v) is 4.19. The van der Waals surface area contributed by atoms with E-state index in [1.807, 2.05) is 36.6 Å². The summed E-state index contributed by atoms with van der Waals surface area (Å²) in [6.45, 7) is 5.05. The molecule has 0 spiro atoms. The molecule has 1 N–H and O–H groups in total. The first-order valence-corrected chi connectivity index (χ1v) is 10.4. The first-order valence-electron chi connectivity index (χ1n) is 9.54. The molecule has 2 aromatic carbocycles. The monoisotopic (exact) mass is 417 g/mol. The van der Waals surface area contributed by atoms with E-state index in [-0.39, 0.29) is 6.03 Å². The van der Waals surface area contributed by atoms with E-state index < -0.39 is 0 Å². The summed E-state index contributed by atoms with van der Waals surface area (Å²) in [7, 11) is 0. The molecule has 0 radical (unpaired) electrons. The van der Waals surface area contributed by atoms with Gasteiger partial charge in [0, 0.05) is 5.38 Å². The van der Waals surface area contributed by atoms with Crippen molar-refractivity contribution in [2.24, 2.45) is 0 Å². The van der Waals surface area contributed by atoms with Crippen LogP contribution in [0.25, 0.3) is 22.1 Å². The lowest BCUT2D eigenvalue weighted by Crippen LogP contribution is -2.28. The fourth-order valence-electron chi connectivity index (χ4n) is 3.47. The fraction of sp³-hybridized carbons (Fsp3) is 0.190. The first kappa shape index (κ1) is 18.4. The summed E-state index contributed by atoms with van der Waals surface area (Å²) >= 11 is 1.52. The molecule has 5 aromatic rings. The summed E-state index contributed by atoms with van der Waals surface area (Å²) in [5, 5.41) is 13.7. The van der Waals surface area contributed by atoms with Gasteiger partial charge in [0.2, 0.25) is 0 Å². The molecule has 0 saturated carbocycles. The zero-order valence-corrected chi connectivity index (χ0v) is 17.3. The third kappa shape index (κ3) is 3.33. The Hall–Kier alpha value is -3.59. The molecule has 8 nitrogen and oxygen atoms in total. The van der Waals surface area contributed by atoms with Crippen LogP contribution in [0.3, 0.4) is 0 Å². The van der Waals surface area contributed by atoms with E-state index >= 15 is 0 Å². The number of rotatable bonds is 4. The van der Waals surface area contributed by atoms with Gasteiger partial charge < -0.3 is 9.88 Å². The molecule has 0 aliphatic carbocycles. The number of aryl methyl sites for hydroxylation is 2. The molecule has 0 atom stereocenters. The maximum Gasteiger partial charge on any atom is 0.344 e. The maximum absolute atomic E-state index is 12.5. The van der Waals surface area contributed by atoms with Crippen molar-refractivity contribution in [1.82, 2.24) is 34.8 Å². The highest BCUT2D eigenvalue weighted by Gasteiger charge is 2.13. The van der Waals surface area contributed by atoms with Crippen molar-refractivity contribution in [3.63, 3.8) is 0 Å². The average Bonchev–Trinajstić information content (AvgIpc) is 3.44. The second-order valence-corrected chi connectivity index (χ2v) is 8.06. The van der Waals surface area contributed by atoms with Crippen molar-refractivity contribution in [2.75, 3.05) is 0 Å². The highest BCUT2D eigenvalue weighted by Crippen LogP contribution is 2.20. The number of hydrogen-bond acceptors (Lipinski definition) is 6. The standard InChI is InChI=1S/C21H19N7OS/c1-13-7-8-18-17(9-13)23-14(2)27(18)11-15-12-30-20(24-15)10-22-21(29)28-19-6-4-3-5-16(19)25-26-28/h3-9,12H,10-11H2,1-2H3,(H,22,29). The number of para-hydroxylation sites is 1. The predicted octanol–water partition coefficient (Wildman–Crippen LogP) is 3.66. The first-order chi connectivity index (χ1) is 14.6. The highest BCUT2D eigenvalue weighted by molar-refractivity contribution is 7.09. The van der Waals surface area contributed by atoms with Gasteiger partial charge >= 0.3 is 6.03 Å². The second-order valence-electron chi connectivity index (χ2n) is 7.12. The number of imidazole rings is 1. The summed E-state index contributed by atoms with van der Waals surface area (Å²) in [5.74, 6) is 0.955. The molecule has 3 heterocycles. The number of amides is 1. The molecule has 1 amide bonds. The van der Waals surface area contributed by atoms with Crippen molar-refractivity contribution in [2.45, 2.75) is 26.9 Å². The van der Waals surface area contributed by atoms with Gasteiger partial charge in [-0.2, -0.15) is 4.68 Å². The average molecular weight is 417 g/mol. The molecule has 0 aliphatic heterocycles. The zero-order chi connectivity index (χ0) is 20.7. The Bertz CT molecular complexity index is 1380. The zero-order valence-electron chi connectivity index (χ0n) is 16.5. The van der Waals surface area contributed by atoms with Crippen molar-refractivity contribution >= 4 is 39.4 Å². The molecule has 5 rings (SSSR count). The lowest BCUT2D eigenvalue weighted by Gasteiger charge is -2.05. The van der Waals surface area contributed by atoms with Gasteiger partial charge in [-0.05, 0) is 43.7 Å². The van der Waals surface area contributed by atoms with Gasteiger partial charge in [0.05, 0.1) is 35.3 Å². The van der Waals surface area contributed by atoms with E-state index in [0.29, 0.717) is 24.1 Å². The van der Waals surface area contributed by atoms with Gasteiger partial charge in [0.1, 0.15) is 16.3 Å². The molecule has 0 aliphatic rings. The Morgan fingerprint density at radius 3 is 2.83 bits per heavy atom. The second kappa shape index (κ2) is 7.34. The third-order valence-corrected chi connectivity index (χ3v) is 5.85. The number of hydrogen-bond donors (Lipinski definition) is 1. The number of fused-ring (bicyclic) bond motifs is 2. The molecular formula is C21H19N7OS. The van der Waals surface area contributed by atoms with Gasteiger partial charge in [0.25, 0.3) is 0 Å². The van der Waals surface area contributed by atoms with Crippen LogP contribution in [0.15, 0.2) is 47.8 Å². The Morgan fingerprint density at radius 2 is 1.93 bits per heavy atom. The molecule has 9 heteroatoms. The lowest BCUT2D eigenvalue weighted by molar-refractivity contribution is 0.239. The van der Waals surface area contributed by atoms with E-state index in [1.165, 1.54) is 21.6 Å². The molecule has 150 valence electrons. The van der Waals surface area contributed by atoms with Gasteiger partial charge in [-0.15, -0.1) is 16.4 Å². The van der Waals surface area contributed by atoms with E-state index in [2.05, 4.69) is 55.3 Å². The van der Waals surface area contributed by atoms with Gasteiger partial charge in [-0.25, -0.2) is 14.8 Å². The van der Waals surface area contributed by atoms with Crippen LogP contribution in [0.4, 0.5) is 4.79 Å². The molecule has 3 aromatic heterocycles. The Balaban J connectivity index is 1.29. The lowest BCUT2D eigenvalue weighted by atomic mass is 10.2. The topological polar surface area (TPSA) is 90.5 Å². The number of carbonyl (C=O) groups is 1. The molecular weight excluding hydrogens is 398 g/mol. The van der Waals surface area contributed by atoms with Crippen LogP contribution in [0.2, 0.25) is 0 Å². The Morgan fingerprint density at radius 1 is 1.07 bits per heavy atom. The van der Waals surface area contributed by atoms with E-state index in [0.717, 1.165) is 27.6 Å². The molecule has 0 unspecified atom stereocenters. The van der Waals surface area contributed by atoms with Crippen LogP contribution in [-0.2, 0) is 13.1 Å². The van der Waals surface area contributed by atoms with Crippen LogP contribution in [0, 0.1) is 13.8 Å². The van der Waals surface area contributed by atoms with Gasteiger partial charge in [0.15, 0.2) is 0 Å². The van der Waals surface area contributed by atoms with E-state index in [1.54, 1.807) is 0 Å². The van der Waals surface area contributed by atoms with Crippen LogP contribution in [-0.4, -0.2) is 35.6 Å². The number of benzene rings is 2. The number of aromatic nitrogens is 6. The minimum absolute atomic E-state index is 0.327. The van der Waals surface area contributed by atoms with Gasteiger partial charge in [-0.3, -0.25) is 0 Å². The number of thiazole rings is 1. The van der Waals surface area contributed by atoms with Crippen LogP contribution in [0.1, 0.15) is 22.1 Å². The minimum Gasteiger partial charge on any atom is -0.330 e. The number of carbonyl (C=O) groups excluding carboxylic acids is 1. The maximum atomic E-state index is 12.5. The SMILES string of the molecule is Cc1ccc2c(c1)nc(C)n2Cc1csc(CNC(=O)n2nnc3ccccc32)n1. The van der Waals surface area contributed by atoms with E-state index in [9.17, 15) is 4.79 Å². The largest absolute Gasteiger partial charge is 0.344 e. The quantitative estimate of drug-likeness (QED) is 0.482. The van der Waals surface area contributed by atoms with E-state index in [4.69, 9.17) is 0 Å². The van der Waals surface area contributed by atoms with Gasteiger partial charge in [-0.1, -0.05) is 23.4 Å². The molecule has 30 heavy (non-hydrogen) atoms. The van der Waals surface area contributed by atoms with Crippen molar-refractivity contribution in [1.29, 1.82) is 0 Å². The predicted molar refractivity (Wildman–Crippen MR) is 116 cm³/mol. The van der Waals surface area contributed by atoms with Crippen LogP contribution < -0.4 is 5.32 Å². The highest BCUT2D eigenvalue weighted by atomic mass is 32.1. The molecule has 0 fully saturated rings. The summed E-state index contributed by atoms with van der Waals surface area (Å²) in [4.78, 5) is 21.8.